The molecule has 0 amide bonds. The van der Waals surface area contributed by atoms with E-state index in [0.717, 1.165) is 22.3 Å². The van der Waals surface area contributed by atoms with Gasteiger partial charge >= 0.3 is 0 Å². The van der Waals surface area contributed by atoms with Crippen molar-refractivity contribution >= 4 is 68.4 Å². The highest BCUT2D eigenvalue weighted by Crippen LogP contribution is 2.51. The Bertz CT molecular complexity index is 2760. The summed E-state index contributed by atoms with van der Waals surface area (Å²) in [6, 6.07) is 48.1. The summed E-state index contributed by atoms with van der Waals surface area (Å²) in [5, 5.41) is 1.14. The molecule has 7 aromatic rings. The SMILES string of the molecule is CC(C)(C)c1cc(-c2ccccc2N2c3ccccc3B3c4oc5ccccc5c4N(c4ccc5c(c4)C(C)(C)CCC5(C)C)c4cccc2c43)cc(C(C)(C)C)c1. The van der Waals surface area contributed by atoms with Gasteiger partial charge in [0.1, 0.15) is 5.58 Å². The summed E-state index contributed by atoms with van der Waals surface area (Å²) in [4.78, 5) is 5.06. The topological polar surface area (TPSA) is 19.6 Å². The molecule has 0 atom stereocenters. The minimum atomic E-state index is -0.0748. The molecule has 10 rings (SSSR count). The lowest BCUT2D eigenvalue weighted by Gasteiger charge is -2.44. The molecule has 0 radical (unpaired) electrons. The fourth-order valence-electron chi connectivity index (χ4n) is 10.1. The minimum Gasteiger partial charge on any atom is -0.468 e. The van der Waals surface area contributed by atoms with Crippen LogP contribution in [0.4, 0.5) is 34.1 Å². The number of fused-ring (bicyclic) bond motifs is 7. The Hall–Kier alpha value is -5.48. The molecule has 290 valence electrons. The molecule has 0 bridgehead atoms. The van der Waals surface area contributed by atoms with Crippen LogP contribution in [0, 0.1) is 0 Å². The standard InChI is InChI=1S/C54H55BN2O/c1-51(2,3)35-30-34(31-36(32-35)52(4,5)6)38-18-11-14-21-43(38)57-44-22-15-13-20-42(44)55-48-45(23-17-24-46(48)57)56(49-39-19-12-16-25-47(39)58-50(49)55)37-26-27-40-41(33-37)54(9,10)29-28-53(40,7)8/h11-27,30-33H,28-29H2,1-10H3. The zero-order chi connectivity index (χ0) is 40.5. The predicted octanol–water partition coefficient (Wildman–Crippen LogP) is 13.1. The molecule has 0 unspecified atom stereocenters. The molecule has 0 spiro atoms. The molecule has 0 fully saturated rings. The van der Waals surface area contributed by atoms with E-state index in [0.29, 0.717) is 0 Å². The fourth-order valence-corrected chi connectivity index (χ4v) is 10.1. The number of rotatable bonds is 3. The van der Waals surface area contributed by atoms with Crippen molar-refractivity contribution < 1.29 is 4.42 Å². The quantitative estimate of drug-likeness (QED) is 0.167. The normalized spacial score (nSPS) is 16.5. The van der Waals surface area contributed by atoms with Crippen LogP contribution in [0.1, 0.15) is 104 Å². The molecule has 4 heteroatoms. The van der Waals surface area contributed by atoms with Gasteiger partial charge in [-0.25, -0.2) is 0 Å². The number of nitrogens with zero attached hydrogens (tertiary/aromatic N) is 2. The first-order valence-corrected chi connectivity index (χ1v) is 21.3. The van der Waals surface area contributed by atoms with Gasteiger partial charge in [0.2, 0.25) is 0 Å². The van der Waals surface area contributed by atoms with E-state index < -0.39 is 0 Å². The molecule has 3 aliphatic rings. The van der Waals surface area contributed by atoms with Gasteiger partial charge in [0.15, 0.2) is 0 Å². The average molecular weight is 759 g/mol. The Morgan fingerprint density at radius 3 is 1.84 bits per heavy atom. The lowest BCUT2D eigenvalue weighted by molar-refractivity contribution is 0.332. The number of hydrogen-bond donors (Lipinski definition) is 0. The second kappa shape index (κ2) is 12.5. The highest BCUT2D eigenvalue weighted by atomic mass is 16.3. The van der Waals surface area contributed by atoms with Crippen LogP contribution in [0.15, 0.2) is 132 Å². The number of anilines is 6. The highest BCUT2D eigenvalue weighted by molar-refractivity contribution is 7.00. The van der Waals surface area contributed by atoms with Gasteiger partial charge < -0.3 is 14.2 Å². The second-order valence-electron chi connectivity index (χ2n) is 20.5. The van der Waals surface area contributed by atoms with E-state index >= 15 is 0 Å². The number of para-hydroxylation sites is 3. The van der Waals surface area contributed by atoms with Gasteiger partial charge in [-0.15, -0.1) is 0 Å². The van der Waals surface area contributed by atoms with Crippen LogP contribution in [-0.4, -0.2) is 6.71 Å². The Balaban J connectivity index is 1.25. The maximum Gasteiger partial charge on any atom is 0.297 e. The predicted molar refractivity (Wildman–Crippen MR) is 248 cm³/mol. The van der Waals surface area contributed by atoms with Gasteiger partial charge in [-0.05, 0) is 122 Å². The highest BCUT2D eigenvalue weighted by Gasteiger charge is 2.47. The van der Waals surface area contributed by atoms with E-state index in [1.165, 1.54) is 85.6 Å². The molecular weight excluding hydrogens is 703 g/mol. The molecule has 0 N–H and O–H groups in total. The summed E-state index contributed by atoms with van der Waals surface area (Å²) in [6.07, 6.45) is 2.36. The van der Waals surface area contributed by atoms with E-state index in [9.17, 15) is 0 Å². The van der Waals surface area contributed by atoms with Crippen molar-refractivity contribution in [1.82, 2.24) is 0 Å². The van der Waals surface area contributed by atoms with Gasteiger partial charge in [0.25, 0.3) is 6.71 Å². The van der Waals surface area contributed by atoms with Crippen molar-refractivity contribution in [1.29, 1.82) is 0 Å². The zero-order valence-electron chi connectivity index (χ0n) is 35.9. The summed E-state index contributed by atoms with van der Waals surface area (Å²) >= 11 is 0. The smallest absolute Gasteiger partial charge is 0.297 e. The van der Waals surface area contributed by atoms with Crippen molar-refractivity contribution in [3.63, 3.8) is 0 Å². The Morgan fingerprint density at radius 2 is 1.14 bits per heavy atom. The van der Waals surface area contributed by atoms with Crippen LogP contribution in [0.25, 0.3) is 22.1 Å². The van der Waals surface area contributed by atoms with Crippen LogP contribution < -0.4 is 26.4 Å². The van der Waals surface area contributed by atoms with Crippen LogP contribution >= 0.6 is 0 Å². The number of hydrogen-bond acceptors (Lipinski definition) is 3. The largest absolute Gasteiger partial charge is 0.468 e. The number of furan rings is 1. The van der Waals surface area contributed by atoms with Gasteiger partial charge in [-0.2, -0.15) is 0 Å². The molecule has 1 aromatic heterocycles. The molecular formula is C54H55BN2O. The second-order valence-corrected chi connectivity index (χ2v) is 20.5. The van der Waals surface area contributed by atoms with Crippen molar-refractivity contribution in [2.24, 2.45) is 0 Å². The van der Waals surface area contributed by atoms with E-state index in [2.05, 4.69) is 206 Å². The van der Waals surface area contributed by atoms with E-state index in [1.54, 1.807) is 0 Å². The fraction of sp³-hybridized carbons (Fsp3) is 0.296. The van der Waals surface area contributed by atoms with Gasteiger partial charge in [-0.1, -0.05) is 148 Å². The van der Waals surface area contributed by atoms with Gasteiger partial charge in [0.05, 0.1) is 17.0 Å². The van der Waals surface area contributed by atoms with Crippen LogP contribution in [0.2, 0.25) is 0 Å². The maximum atomic E-state index is 7.10. The minimum absolute atomic E-state index is 0.00377. The molecule has 0 saturated carbocycles. The molecule has 2 aliphatic heterocycles. The zero-order valence-corrected chi connectivity index (χ0v) is 35.9. The van der Waals surface area contributed by atoms with E-state index in [1.807, 2.05) is 0 Å². The third-order valence-electron chi connectivity index (χ3n) is 13.6. The Morgan fingerprint density at radius 1 is 0.552 bits per heavy atom. The summed E-state index contributed by atoms with van der Waals surface area (Å²) in [7, 11) is 0. The molecule has 1 aliphatic carbocycles. The monoisotopic (exact) mass is 758 g/mol. The van der Waals surface area contributed by atoms with Crippen LogP contribution in [0.3, 0.4) is 0 Å². The Kier molecular flexibility index (Phi) is 7.95. The van der Waals surface area contributed by atoms with Crippen LogP contribution in [0.5, 0.6) is 0 Å². The summed E-state index contributed by atoms with van der Waals surface area (Å²) in [5.41, 5.74) is 19.9. The van der Waals surface area contributed by atoms with Gasteiger partial charge in [0, 0.05) is 33.7 Å². The molecule has 3 nitrogen and oxygen atoms in total. The average Bonchev–Trinajstić information content (AvgIpc) is 3.58. The molecule has 3 heterocycles. The van der Waals surface area contributed by atoms with E-state index in [-0.39, 0.29) is 28.4 Å². The third-order valence-corrected chi connectivity index (χ3v) is 13.6. The number of benzene rings is 6. The molecule has 58 heavy (non-hydrogen) atoms. The summed E-state index contributed by atoms with van der Waals surface area (Å²) < 4.78 is 7.10. The van der Waals surface area contributed by atoms with Crippen molar-refractivity contribution in [2.75, 3.05) is 9.80 Å². The van der Waals surface area contributed by atoms with Crippen molar-refractivity contribution in [3.8, 4) is 11.1 Å². The first-order valence-electron chi connectivity index (χ1n) is 21.3. The van der Waals surface area contributed by atoms with Crippen molar-refractivity contribution in [2.45, 2.75) is 104 Å². The van der Waals surface area contributed by atoms with Crippen molar-refractivity contribution in [3.05, 3.63) is 150 Å². The molecule has 0 saturated heterocycles. The van der Waals surface area contributed by atoms with E-state index in [4.69, 9.17) is 4.42 Å². The maximum absolute atomic E-state index is 7.10. The summed E-state index contributed by atoms with van der Waals surface area (Å²) in [6.45, 7) is 23.5. The first-order chi connectivity index (χ1) is 27.5. The molecule has 6 aromatic carbocycles. The lowest BCUT2D eigenvalue weighted by Crippen LogP contribution is -2.61. The lowest BCUT2D eigenvalue weighted by atomic mass is 9.35. The van der Waals surface area contributed by atoms with Crippen LogP contribution in [-0.2, 0) is 21.7 Å². The first kappa shape index (κ1) is 36.8. The summed E-state index contributed by atoms with van der Waals surface area (Å²) in [5.74, 6) is 0. The van der Waals surface area contributed by atoms with Gasteiger partial charge in [-0.3, -0.25) is 0 Å². The third kappa shape index (κ3) is 5.54. The Labute approximate surface area is 345 Å².